The van der Waals surface area contributed by atoms with Gasteiger partial charge in [0, 0.05) is 12.0 Å². The Morgan fingerprint density at radius 3 is 2.50 bits per heavy atom. The summed E-state index contributed by atoms with van der Waals surface area (Å²) < 4.78 is 19.3. The van der Waals surface area contributed by atoms with Gasteiger partial charge in [-0.05, 0) is 42.2 Å². The van der Waals surface area contributed by atoms with Crippen LogP contribution in [0.3, 0.4) is 0 Å². The summed E-state index contributed by atoms with van der Waals surface area (Å²) >= 11 is 0. The van der Waals surface area contributed by atoms with Gasteiger partial charge >= 0.3 is 5.97 Å². The molecule has 1 saturated carbocycles. The van der Waals surface area contributed by atoms with Crippen LogP contribution in [0.15, 0.2) is 48.5 Å². The third-order valence-corrected chi connectivity index (χ3v) is 5.19. The summed E-state index contributed by atoms with van der Waals surface area (Å²) in [5, 5.41) is 9.35. The first kappa shape index (κ1) is 19.8. The van der Waals surface area contributed by atoms with Crippen molar-refractivity contribution in [3.63, 3.8) is 0 Å². The fourth-order valence-electron chi connectivity index (χ4n) is 3.63. The second kappa shape index (κ2) is 9.85. The van der Waals surface area contributed by atoms with Gasteiger partial charge in [-0.1, -0.05) is 62.4 Å². The molecule has 0 atom stereocenters. The van der Waals surface area contributed by atoms with E-state index >= 15 is 0 Å². The highest BCUT2D eigenvalue weighted by Crippen LogP contribution is 2.27. The molecule has 28 heavy (non-hydrogen) atoms. The largest absolute Gasteiger partial charge is 0.427 e. The van der Waals surface area contributed by atoms with Gasteiger partial charge in [0.2, 0.25) is 0 Å². The highest BCUT2D eigenvalue weighted by atomic mass is 19.1. The maximum Gasteiger partial charge on any atom is 0.311 e. The molecule has 0 aromatic heterocycles. The summed E-state index contributed by atoms with van der Waals surface area (Å²) in [6.45, 7) is 0. The lowest BCUT2D eigenvalue weighted by Crippen LogP contribution is -2.12. The number of nitriles is 1. The van der Waals surface area contributed by atoms with E-state index in [-0.39, 0.29) is 17.1 Å². The molecule has 4 heteroatoms. The first-order valence-corrected chi connectivity index (χ1v) is 9.83. The first-order chi connectivity index (χ1) is 13.7. The van der Waals surface area contributed by atoms with Crippen LogP contribution in [0.1, 0.15) is 56.1 Å². The molecular weight excluding hydrogens is 353 g/mol. The van der Waals surface area contributed by atoms with Gasteiger partial charge in [-0.2, -0.15) is 5.26 Å². The predicted octanol–water partition coefficient (Wildman–Crippen LogP) is 6.16. The Morgan fingerprint density at radius 1 is 1.11 bits per heavy atom. The number of esters is 1. The van der Waals surface area contributed by atoms with E-state index in [4.69, 9.17) is 4.74 Å². The number of hydrogen-bond acceptors (Lipinski definition) is 3. The van der Waals surface area contributed by atoms with E-state index in [0.29, 0.717) is 18.1 Å². The van der Waals surface area contributed by atoms with Crippen molar-refractivity contribution in [1.82, 2.24) is 0 Å². The van der Waals surface area contributed by atoms with Crippen LogP contribution in [0.25, 0.3) is 11.6 Å². The molecule has 3 nitrogen and oxygen atoms in total. The average molecular weight is 377 g/mol. The Balaban J connectivity index is 1.59. The molecule has 1 fully saturated rings. The lowest BCUT2D eigenvalue weighted by Gasteiger charge is -2.20. The molecule has 1 aliphatic carbocycles. The standard InChI is InChI=1S/C24H24FNO2/c25-23-9-5-4-8-22(23)20(17-26)16-19-10-13-21(14-11-19)28-24(27)15-12-18-6-2-1-3-7-18/h4-5,8-11,13-14,16,18H,1-3,6-7,12,15H2/b20-16-. The van der Waals surface area contributed by atoms with Gasteiger partial charge in [0.05, 0.1) is 11.6 Å². The zero-order valence-corrected chi connectivity index (χ0v) is 15.9. The van der Waals surface area contributed by atoms with Gasteiger partial charge in [0.25, 0.3) is 0 Å². The molecule has 0 radical (unpaired) electrons. The van der Waals surface area contributed by atoms with Crippen molar-refractivity contribution < 1.29 is 13.9 Å². The monoisotopic (exact) mass is 377 g/mol. The van der Waals surface area contributed by atoms with E-state index in [2.05, 4.69) is 0 Å². The molecule has 0 bridgehead atoms. The molecule has 0 aliphatic heterocycles. The average Bonchev–Trinajstić information content (AvgIpc) is 2.73. The molecule has 0 unspecified atom stereocenters. The molecular formula is C24H24FNO2. The van der Waals surface area contributed by atoms with Gasteiger partial charge < -0.3 is 4.74 Å². The lowest BCUT2D eigenvalue weighted by molar-refractivity contribution is -0.134. The zero-order chi connectivity index (χ0) is 19.8. The van der Waals surface area contributed by atoms with Crippen molar-refractivity contribution in [3.8, 4) is 11.8 Å². The summed E-state index contributed by atoms with van der Waals surface area (Å²) in [5.41, 5.74) is 1.25. The molecule has 0 heterocycles. The lowest BCUT2D eigenvalue weighted by atomic mass is 9.86. The van der Waals surface area contributed by atoms with E-state index < -0.39 is 5.82 Å². The maximum atomic E-state index is 13.9. The normalized spacial score (nSPS) is 15.1. The number of rotatable bonds is 6. The van der Waals surface area contributed by atoms with E-state index in [1.165, 1.54) is 38.2 Å². The van der Waals surface area contributed by atoms with Crippen molar-refractivity contribution in [2.24, 2.45) is 5.92 Å². The molecule has 2 aromatic rings. The predicted molar refractivity (Wildman–Crippen MR) is 108 cm³/mol. The highest BCUT2D eigenvalue weighted by Gasteiger charge is 2.15. The van der Waals surface area contributed by atoms with Gasteiger partial charge in [-0.3, -0.25) is 4.79 Å². The van der Waals surface area contributed by atoms with Crippen LogP contribution >= 0.6 is 0 Å². The quantitative estimate of drug-likeness (QED) is 0.262. The summed E-state index contributed by atoms with van der Waals surface area (Å²) in [6, 6.07) is 15.1. The second-order valence-electron chi connectivity index (χ2n) is 7.24. The van der Waals surface area contributed by atoms with Gasteiger partial charge in [0.15, 0.2) is 0 Å². The topological polar surface area (TPSA) is 50.1 Å². The van der Waals surface area contributed by atoms with E-state index in [1.54, 1.807) is 48.5 Å². The van der Waals surface area contributed by atoms with Crippen LogP contribution in [0, 0.1) is 23.1 Å². The second-order valence-corrected chi connectivity index (χ2v) is 7.24. The Morgan fingerprint density at radius 2 is 1.82 bits per heavy atom. The van der Waals surface area contributed by atoms with E-state index in [9.17, 15) is 14.4 Å². The molecule has 1 aliphatic rings. The van der Waals surface area contributed by atoms with Gasteiger partial charge in [-0.15, -0.1) is 0 Å². The molecule has 0 spiro atoms. The Hall–Kier alpha value is -2.93. The maximum absolute atomic E-state index is 13.9. The molecule has 0 N–H and O–H groups in total. The van der Waals surface area contributed by atoms with Gasteiger partial charge in [0.1, 0.15) is 11.6 Å². The minimum atomic E-state index is -0.432. The minimum Gasteiger partial charge on any atom is -0.427 e. The van der Waals surface area contributed by atoms with Crippen molar-refractivity contribution in [2.75, 3.05) is 0 Å². The van der Waals surface area contributed by atoms with Crippen molar-refractivity contribution >= 4 is 17.6 Å². The Kier molecular flexibility index (Phi) is 6.97. The summed E-state index contributed by atoms with van der Waals surface area (Å²) in [4.78, 5) is 12.1. The molecule has 144 valence electrons. The van der Waals surface area contributed by atoms with Crippen LogP contribution in [-0.4, -0.2) is 5.97 Å². The van der Waals surface area contributed by atoms with Gasteiger partial charge in [-0.25, -0.2) is 4.39 Å². The van der Waals surface area contributed by atoms with Crippen LogP contribution in [0.5, 0.6) is 5.75 Å². The van der Waals surface area contributed by atoms with Crippen molar-refractivity contribution in [2.45, 2.75) is 44.9 Å². The third-order valence-electron chi connectivity index (χ3n) is 5.19. The summed E-state index contributed by atoms with van der Waals surface area (Å²) in [6.07, 6.45) is 9.25. The van der Waals surface area contributed by atoms with Crippen molar-refractivity contribution in [1.29, 1.82) is 5.26 Å². The van der Waals surface area contributed by atoms with Crippen LogP contribution in [0.4, 0.5) is 4.39 Å². The number of carbonyl (C=O) groups is 1. The first-order valence-electron chi connectivity index (χ1n) is 9.83. The third kappa shape index (κ3) is 5.53. The number of allylic oxidation sites excluding steroid dienone is 1. The summed E-state index contributed by atoms with van der Waals surface area (Å²) in [5.74, 6) is 0.489. The van der Waals surface area contributed by atoms with E-state index in [1.807, 2.05) is 6.07 Å². The van der Waals surface area contributed by atoms with Crippen LogP contribution in [-0.2, 0) is 4.79 Å². The van der Waals surface area contributed by atoms with E-state index in [0.717, 1.165) is 12.0 Å². The number of nitrogens with zero attached hydrogens (tertiary/aromatic N) is 1. The number of hydrogen-bond donors (Lipinski definition) is 0. The van der Waals surface area contributed by atoms with Crippen molar-refractivity contribution in [3.05, 3.63) is 65.5 Å². The minimum absolute atomic E-state index is 0.210. The number of ether oxygens (including phenoxy) is 1. The summed E-state index contributed by atoms with van der Waals surface area (Å²) in [7, 11) is 0. The Bertz CT molecular complexity index is 874. The zero-order valence-electron chi connectivity index (χ0n) is 15.9. The fraction of sp³-hybridized carbons (Fsp3) is 0.333. The number of benzene rings is 2. The number of halogens is 1. The Labute approximate surface area is 165 Å². The highest BCUT2D eigenvalue weighted by molar-refractivity contribution is 5.89. The molecule has 2 aromatic carbocycles. The smallest absolute Gasteiger partial charge is 0.311 e. The fourth-order valence-corrected chi connectivity index (χ4v) is 3.63. The SMILES string of the molecule is N#C/C(=C/c1ccc(OC(=O)CCC2CCCCC2)cc1)c1ccccc1F. The van der Waals surface area contributed by atoms with Crippen LogP contribution < -0.4 is 4.74 Å². The molecule has 0 amide bonds. The molecule has 3 rings (SSSR count). The number of carbonyl (C=O) groups excluding carboxylic acids is 1. The van der Waals surface area contributed by atoms with Crippen LogP contribution in [0.2, 0.25) is 0 Å². The molecule has 0 saturated heterocycles.